The van der Waals surface area contributed by atoms with Gasteiger partial charge in [0.15, 0.2) is 11.5 Å². The van der Waals surface area contributed by atoms with Crippen molar-refractivity contribution in [3.63, 3.8) is 0 Å². The molecule has 1 aliphatic heterocycles. The van der Waals surface area contributed by atoms with E-state index >= 15 is 0 Å². The number of carbonyl (C=O) groups excluding carboxylic acids is 1. The van der Waals surface area contributed by atoms with E-state index in [9.17, 15) is 13.2 Å². The van der Waals surface area contributed by atoms with E-state index in [1.807, 2.05) is 19.1 Å². The normalized spacial score (nSPS) is 17.4. The van der Waals surface area contributed by atoms with Crippen molar-refractivity contribution in [2.24, 2.45) is 5.92 Å². The highest BCUT2D eigenvalue weighted by Crippen LogP contribution is 2.30. The van der Waals surface area contributed by atoms with E-state index in [0.29, 0.717) is 17.4 Å². The topological polar surface area (TPSA) is 88.2 Å². The smallest absolute Gasteiger partial charge is 0.243 e. The highest BCUT2D eigenvalue weighted by molar-refractivity contribution is 7.89. The Kier molecular flexibility index (Phi) is 8.43. The zero-order valence-corrected chi connectivity index (χ0v) is 21.4. The number of piperidine rings is 1. The van der Waals surface area contributed by atoms with Crippen LogP contribution in [0.1, 0.15) is 38.3 Å². The zero-order chi connectivity index (χ0) is 24.9. The van der Waals surface area contributed by atoms with Gasteiger partial charge in [0.2, 0.25) is 15.9 Å². The minimum Gasteiger partial charge on any atom is -0.493 e. The van der Waals surface area contributed by atoms with Gasteiger partial charge in [-0.05, 0) is 55.5 Å². The van der Waals surface area contributed by atoms with Crippen molar-refractivity contribution in [2.45, 2.75) is 37.6 Å². The van der Waals surface area contributed by atoms with Crippen LogP contribution in [0.15, 0.2) is 47.4 Å². The van der Waals surface area contributed by atoms with Crippen LogP contribution in [0.4, 0.5) is 5.69 Å². The molecular formula is C25H35N3O5S. The number of sulfonamides is 1. The number of amides is 1. The average Bonchev–Trinajstić information content (AvgIpc) is 2.83. The number of carbonyl (C=O) groups is 1. The van der Waals surface area contributed by atoms with E-state index in [0.717, 1.165) is 23.0 Å². The number of hydrogen-bond acceptors (Lipinski definition) is 6. The summed E-state index contributed by atoms with van der Waals surface area (Å²) in [5.74, 6) is 1.04. The Morgan fingerprint density at radius 1 is 1.15 bits per heavy atom. The zero-order valence-electron chi connectivity index (χ0n) is 20.6. The summed E-state index contributed by atoms with van der Waals surface area (Å²) in [7, 11) is 0.411. The molecule has 1 heterocycles. The average molecular weight is 490 g/mol. The molecule has 1 amide bonds. The minimum absolute atomic E-state index is 0.0242. The molecule has 3 rings (SSSR count). The first-order valence-corrected chi connectivity index (χ1v) is 12.9. The van der Waals surface area contributed by atoms with E-state index in [1.54, 1.807) is 0 Å². The van der Waals surface area contributed by atoms with Crippen molar-refractivity contribution < 1.29 is 22.7 Å². The molecule has 0 radical (unpaired) electrons. The van der Waals surface area contributed by atoms with Crippen molar-refractivity contribution in [1.82, 2.24) is 9.62 Å². The van der Waals surface area contributed by atoms with Gasteiger partial charge in [0, 0.05) is 31.9 Å². The molecule has 1 fully saturated rings. The lowest BCUT2D eigenvalue weighted by Crippen LogP contribution is -2.39. The summed E-state index contributed by atoms with van der Waals surface area (Å²) in [6.07, 6.45) is 2.48. The van der Waals surface area contributed by atoms with Gasteiger partial charge in [-0.25, -0.2) is 8.42 Å². The standard InChI is InChI=1S/C25H35N3O5S/c1-18-7-6-14-28(16-18)21-10-8-20(9-11-21)19(2)26-25(29)17-27(3)34(30,31)22-12-13-23(32-4)24(15-22)33-5/h8-13,15,18-19H,6-7,14,16-17H2,1-5H3,(H,26,29)/t18-,19+/m0/s1. The molecule has 8 nitrogen and oxygen atoms in total. The summed E-state index contributed by atoms with van der Waals surface area (Å²) < 4.78 is 37.3. The Hall–Kier alpha value is -2.78. The summed E-state index contributed by atoms with van der Waals surface area (Å²) in [5.41, 5.74) is 2.15. The molecule has 0 aliphatic carbocycles. The van der Waals surface area contributed by atoms with Crippen molar-refractivity contribution >= 4 is 21.6 Å². The molecule has 0 bridgehead atoms. The van der Waals surface area contributed by atoms with Crippen LogP contribution in [-0.2, 0) is 14.8 Å². The Bertz CT molecular complexity index is 1090. The molecule has 0 spiro atoms. The molecule has 1 aliphatic rings. The fraction of sp³-hybridized carbons (Fsp3) is 0.480. The number of hydrogen-bond donors (Lipinski definition) is 1. The van der Waals surface area contributed by atoms with E-state index in [4.69, 9.17) is 9.47 Å². The fourth-order valence-corrected chi connectivity index (χ4v) is 5.36. The molecule has 0 unspecified atom stereocenters. The molecule has 34 heavy (non-hydrogen) atoms. The van der Waals surface area contributed by atoms with Gasteiger partial charge in [-0.1, -0.05) is 19.1 Å². The second-order valence-corrected chi connectivity index (χ2v) is 10.9. The summed E-state index contributed by atoms with van der Waals surface area (Å²) in [6, 6.07) is 12.3. The van der Waals surface area contributed by atoms with Gasteiger partial charge in [-0.15, -0.1) is 0 Å². The predicted octanol–water partition coefficient (Wildman–Crippen LogP) is 3.44. The largest absolute Gasteiger partial charge is 0.493 e. The van der Waals surface area contributed by atoms with Gasteiger partial charge in [0.1, 0.15) is 0 Å². The second kappa shape index (κ2) is 11.1. The SMILES string of the molecule is COc1ccc(S(=O)(=O)N(C)CC(=O)N[C@H](C)c2ccc(N3CCC[C@H](C)C3)cc2)cc1OC. The van der Waals surface area contributed by atoms with Crippen LogP contribution in [-0.4, -0.2) is 59.5 Å². The summed E-state index contributed by atoms with van der Waals surface area (Å²) in [5, 5.41) is 2.89. The molecule has 0 saturated carbocycles. The van der Waals surface area contributed by atoms with Gasteiger partial charge in [-0.2, -0.15) is 4.31 Å². The lowest BCUT2D eigenvalue weighted by molar-refractivity contribution is -0.121. The third kappa shape index (κ3) is 6.01. The summed E-state index contributed by atoms with van der Waals surface area (Å²) in [6.45, 7) is 5.99. The van der Waals surface area contributed by atoms with Crippen LogP contribution < -0.4 is 19.7 Å². The van der Waals surface area contributed by atoms with Gasteiger partial charge in [0.05, 0.1) is 31.7 Å². The number of methoxy groups -OCH3 is 2. The van der Waals surface area contributed by atoms with Crippen LogP contribution in [0, 0.1) is 5.92 Å². The van der Waals surface area contributed by atoms with Crippen LogP contribution in [0.3, 0.4) is 0 Å². The second-order valence-electron chi connectivity index (χ2n) is 8.85. The lowest BCUT2D eigenvalue weighted by Gasteiger charge is -2.33. The van der Waals surface area contributed by atoms with E-state index < -0.39 is 10.0 Å². The lowest BCUT2D eigenvalue weighted by atomic mass is 9.99. The van der Waals surface area contributed by atoms with Gasteiger partial charge in [-0.3, -0.25) is 4.79 Å². The first-order chi connectivity index (χ1) is 16.1. The maximum Gasteiger partial charge on any atom is 0.243 e. The van der Waals surface area contributed by atoms with E-state index in [-0.39, 0.29) is 23.4 Å². The molecule has 2 atom stereocenters. The number of ether oxygens (including phenoxy) is 2. The summed E-state index contributed by atoms with van der Waals surface area (Å²) in [4.78, 5) is 15.0. The number of nitrogens with zero attached hydrogens (tertiary/aromatic N) is 2. The molecule has 2 aromatic rings. The number of rotatable bonds is 9. The van der Waals surface area contributed by atoms with Crippen LogP contribution >= 0.6 is 0 Å². The Morgan fingerprint density at radius 3 is 2.44 bits per heavy atom. The molecule has 0 aromatic heterocycles. The van der Waals surface area contributed by atoms with Crippen molar-refractivity contribution in [2.75, 3.05) is 45.8 Å². The van der Waals surface area contributed by atoms with Crippen molar-refractivity contribution in [3.05, 3.63) is 48.0 Å². The highest BCUT2D eigenvalue weighted by atomic mass is 32.2. The Morgan fingerprint density at radius 2 is 1.82 bits per heavy atom. The van der Waals surface area contributed by atoms with Gasteiger partial charge >= 0.3 is 0 Å². The van der Waals surface area contributed by atoms with E-state index in [1.165, 1.54) is 58.0 Å². The fourth-order valence-electron chi connectivity index (χ4n) is 4.21. The molecular weight excluding hydrogens is 454 g/mol. The highest BCUT2D eigenvalue weighted by Gasteiger charge is 2.25. The third-order valence-corrected chi connectivity index (χ3v) is 8.02. The van der Waals surface area contributed by atoms with Crippen LogP contribution in [0.5, 0.6) is 11.5 Å². The molecule has 9 heteroatoms. The Labute approximate surface area is 202 Å². The first-order valence-electron chi connectivity index (χ1n) is 11.5. The predicted molar refractivity (Wildman–Crippen MR) is 133 cm³/mol. The van der Waals surface area contributed by atoms with Gasteiger partial charge < -0.3 is 19.7 Å². The number of benzene rings is 2. The molecule has 1 saturated heterocycles. The summed E-state index contributed by atoms with van der Waals surface area (Å²) >= 11 is 0. The van der Waals surface area contributed by atoms with Crippen LogP contribution in [0.2, 0.25) is 0 Å². The quantitative estimate of drug-likeness (QED) is 0.581. The third-order valence-electron chi connectivity index (χ3n) is 6.22. The van der Waals surface area contributed by atoms with Gasteiger partial charge in [0.25, 0.3) is 0 Å². The monoisotopic (exact) mass is 489 g/mol. The van der Waals surface area contributed by atoms with Crippen LogP contribution in [0.25, 0.3) is 0 Å². The molecule has 2 aromatic carbocycles. The number of likely N-dealkylation sites (N-methyl/N-ethyl adjacent to an activating group) is 1. The number of anilines is 1. The Balaban J connectivity index is 1.61. The molecule has 1 N–H and O–H groups in total. The maximum atomic E-state index is 12.9. The van der Waals surface area contributed by atoms with E-state index in [2.05, 4.69) is 29.3 Å². The maximum absolute atomic E-state index is 12.9. The molecule has 186 valence electrons. The first kappa shape index (κ1) is 25.8. The number of nitrogens with one attached hydrogen (secondary N) is 1. The minimum atomic E-state index is -3.88. The van der Waals surface area contributed by atoms with Crippen molar-refractivity contribution in [3.8, 4) is 11.5 Å². The van der Waals surface area contributed by atoms with Crippen molar-refractivity contribution in [1.29, 1.82) is 0 Å².